The molecule has 1 heterocycles. The summed E-state index contributed by atoms with van der Waals surface area (Å²) in [5.74, 6) is -1.62. The van der Waals surface area contributed by atoms with Crippen LogP contribution in [0.2, 0.25) is 5.02 Å². The molecule has 33 heavy (non-hydrogen) atoms. The topological polar surface area (TPSA) is 136 Å². The van der Waals surface area contributed by atoms with Crippen LogP contribution in [0.1, 0.15) is 36.5 Å². The summed E-state index contributed by atoms with van der Waals surface area (Å²) < 4.78 is 32.4. The largest absolute Gasteiger partial charge is 0.449 e. The van der Waals surface area contributed by atoms with Crippen molar-refractivity contribution >= 4 is 44.9 Å². The van der Waals surface area contributed by atoms with E-state index < -0.39 is 32.9 Å². The van der Waals surface area contributed by atoms with E-state index in [9.17, 15) is 28.1 Å². The molecule has 0 radical (unpaired) electrons. The molecule has 2 aromatic rings. The highest BCUT2D eigenvalue weighted by Gasteiger charge is 2.29. The van der Waals surface area contributed by atoms with Crippen molar-refractivity contribution in [3.63, 3.8) is 0 Å². The maximum Gasteiger partial charge on any atom is 0.338 e. The van der Waals surface area contributed by atoms with E-state index in [-0.39, 0.29) is 26.9 Å². The number of amides is 1. The number of carbonyl (C=O) groups is 2. The van der Waals surface area contributed by atoms with Crippen LogP contribution in [0.4, 0.5) is 11.4 Å². The van der Waals surface area contributed by atoms with Crippen LogP contribution in [-0.2, 0) is 19.6 Å². The fraction of sp³-hybridized carbons (Fsp3) is 0.333. The third-order valence-corrected chi connectivity index (χ3v) is 7.46. The second kappa shape index (κ2) is 10.3. The van der Waals surface area contributed by atoms with Gasteiger partial charge in [0.1, 0.15) is 4.90 Å². The average molecular weight is 496 g/mol. The molecule has 176 valence electrons. The van der Waals surface area contributed by atoms with Crippen molar-refractivity contribution in [2.45, 2.75) is 37.2 Å². The molecule has 1 aliphatic heterocycles. The molecular formula is C21H22ClN3O7S. The van der Waals surface area contributed by atoms with E-state index in [1.54, 1.807) is 0 Å². The molecule has 10 nitrogen and oxygen atoms in total. The number of hydrogen-bond acceptors (Lipinski definition) is 7. The summed E-state index contributed by atoms with van der Waals surface area (Å²) in [6, 6.07) is 9.05. The van der Waals surface area contributed by atoms with Gasteiger partial charge in [0.25, 0.3) is 11.6 Å². The molecular weight excluding hydrogens is 474 g/mol. The zero-order valence-electron chi connectivity index (χ0n) is 17.7. The number of nitro groups is 1. The number of halogens is 1. The fourth-order valence-electron chi connectivity index (χ4n) is 3.30. The number of nitro benzene ring substituents is 1. The number of carbonyl (C=O) groups excluding carboxylic acids is 2. The summed E-state index contributed by atoms with van der Waals surface area (Å²) in [7, 11) is -3.89. The van der Waals surface area contributed by atoms with Crippen LogP contribution in [0.5, 0.6) is 0 Å². The molecule has 1 fully saturated rings. The molecule has 1 unspecified atom stereocenters. The smallest absolute Gasteiger partial charge is 0.338 e. The molecule has 0 saturated carbocycles. The lowest BCUT2D eigenvalue weighted by atomic mass is 10.2. The van der Waals surface area contributed by atoms with Crippen LogP contribution >= 0.6 is 11.6 Å². The van der Waals surface area contributed by atoms with Gasteiger partial charge in [-0.3, -0.25) is 14.9 Å². The monoisotopic (exact) mass is 495 g/mol. The highest BCUT2D eigenvalue weighted by Crippen LogP contribution is 2.28. The molecule has 1 saturated heterocycles. The van der Waals surface area contributed by atoms with Gasteiger partial charge in [-0.05, 0) is 44.0 Å². The second-order valence-corrected chi connectivity index (χ2v) is 9.77. The Morgan fingerprint density at radius 2 is 1.85 bits per heavy atom. The van der Waals surface area contributed by atoms with Crippen molar-refractivity contribution < 1.29 is 27.7 Å². The number of esters is 1. The number of non-ortho nitro benzene ring substituents is 1. The molecule has 12 heteroatoms. The minimum Gasteiger partial charge on any atom is -0.449 e. The Labute approximate surface area is 195 Å². The fourth-order valence-corrected chi connectivity index (χ4v) is 5.31. The van der Waals surface area contributed by atoms with E-state index in [1.807, 2.05) is 0 Å². The van der Waals surface area contributed by atoms with Crippen molar-refractivity contribution in [1.29, 1.82) is 0 Å². The lowest BCUT2D eigenvalue weighted by Crippen LogP contribution is -2.36. The summed E-state index contributed by atoms with van der Waals surface area (Å²) in [6.45, 7) is 2.08. The first-order valence-electron chi connectivity index (χ1n) is 10.2. The van der Waals surface area contributed by atoms with Crippen LogP contribution in [-0.4, -0.2) is 48.7 Å². The van der Waals surface area contributed by atoms with Gasteiger partial charge in [-0.1, -0.05) is 24.1 Å². The predicted octanol–water partition coefficient (Wildman–Crippen LogP) is 3.61. The quantitative estimate of drug-likeness (QED) is 0.352. The average Bonchev–Trinajstić information content (AvgIpc) is 2.79. The maximum absolute atomic E-state index is 13.0. The molecule has 0 aliphatic carbocycles. The number of nitrogens with zero attached hydrogens (tertiary/aromatic N) is 2. The Bertz CT molecular complexity index is 1180. The molecule has 0 aromatic heterocycles. The van der Waals surface area contributed by atoms with Gasteiger partial charge in [0.05, 0.1) is 15.5 Å². The van der Waals surface area contributed by atoms with Gasteiger partial charge in [-0.2, -0.15) is 4.31 Å². The first kappa shape index (κ1) is 24.6. The second-order valence-electron chi connectivity index (χ2n) is 7.45. The van der Waals surface area contributed by atoms with Crippen molar-refractivity contribution in [1.82, 2.24) is 4.31 Å². The number of piperidine rings is 1. The lowest BCUT2D eigenvalue weighted by molar-refractivity contribution is -0.384. The van der Waals surface area contributed by atoms with Crippen molar-refractivity contribution in [2.24, 2.45) is 0 Å². The summed E-state index contributed by atoms with van der Waals surface area (Å²) in [6.07, 6.45) is 1.18. The molecule has 1 N–H and O–H groups in total. The minimum absolute atomic E-state index is 0.0198. The SMILES string of the molecule is CC(OC(=O)c1ccc(Cl)c(S(=O)(=O)N2CCCCC2)c1)C(=O)Nc1cccc([N+](=O)[O-])c1. The van der Waals surface area contributed by atoms with E-state index in [2.05, 4.69) is 5.32 Å². The number of anilines is 1. The molecule has 1 atom stereocenters. The summed E-state index contributed by atoms with van der Waals surface area (Å²) in [5.41, 5.74) is -0.121. The highest BCUT2D eigenvalue weighted by molar-refractivity contribution is 7.89. The first-order valence-corrected chi connectivity index (χ1v) is 12.0. The third-order valence-electron chi connectivity index (χ3n) is 5.08. The Hall–Kier alpha value is -3.02. The van der Waals surface area contributed by atoms with Gasteiger partial charge < -0.3 is 10.1 Å². The number of rotatable bonds is 7. The van der Waals surface area contributed by atoms with Crippen LogP contribution in [0.15, 0.2) is 47.4 Å². The van der Waals surface area contributed by atoms with E-state index in [0.717, 1.165) is 25.3 Å². The Morgan fingerprint density at radius 3 is 2.52 bits per heavy atom. The number of sulfonamides is 1. The van der Waals surface area contributed by atoms with E-state index in [4.69, 9.17) is 16.3 Å². The number of nitrogens with one attached hydrogen (secondary N) is 1. The Morgan fingerprint density at radius 1 is 1.15 bits per heavy atom. The van der Waals surface area contributed by atoms with Gasteiger partial charge in [0, 0.05) is 30.9 Å². The van der Waals surface area contributed by atoms with Crippen molar-refractivity contribution in [3.8, 4) is 0 Å². The van der Waals surface area contributed by atoms with Crippen LogP contribution < -0.4 is 5.32 Å². The number of ether oxygens (including phenoxy) is 1. The van der Waals surface area contributed by atoms with E-state index >= 15 is 0 Å². The van der Waals surface area contributed by atoms with E-state index in [1.165, 1.54) is 47.6 Å². The molecule has 0 bridgehead atoms. The van der Waals surface area contributed by atoms with Crippen molar-refractivity contribution in [3.05, 3.63) is 63.2 Å². The molecule has 1 aliphatic rings. The van der Waals surface area contributed by atoms with Crippen LogP contribution in [0, 0.1) is 10.1 Å². The minimum atomic E-state index is -3.89. The normalized spacial score (nSPS) is 15.5. The first-order chi connectivity index (χ1) is 15.6. The summed E-state index contributed by atoms with van der Waals surface area (Å²) in [4.78, 5) is 35.0. The van der Waals surface area contributed by atoms with Gasteiger partial charge in [-0.15, -0.1) is 0 Å². The molecule has 2 aromatic carbocycles. The van der Waals surface area contributed by atoms with Crippen molar-refractivity contribution in [2.75, 3.05) is 18.4 Å². The standard InChI is InChI=1S/C21H22ClN3O7S/c1-14(20(26)23-16-6-5-7-17(13-16)25(28)29)32-21(27)15-8-9-18(22)19(12-15)33(30,31)24-10-3-2-4-11-24/h5-9,12-14H,2-4,10-11H2,1H3,(H,23,26). The number of benzene rings is 2. The lowest BCUT2D eigenvalue weighted by Gasteiger charge is -2.26. The van der Waals surface area contributed by atoms with Gasteiger partial charge >= 0.3 is 5.97 Å². The molecule has 1 amide bonds. The Balaban J connectivity index is 1.72. The zero-order chi connectivity index (χ0) is 24.2. The molecule has 0 spiro atoms. The highest BCUT2D eigenvalue weighted by atomic mass is 35.5. The zero-order valence-corrected chi connectivity index (χ0v) is 19.3. The van der Waals surface area contributed by atoms with Crippen LogP contribution in [0.25, 0.3) is 0 Å². The third kappa shape index (κ3) is 5.86. The molecule has 3 rings (SSSR count). The van der Waals surface area contributed by atoms with E-state index in [0.29, 0.717) is 13.1 Å². The summed E-state index contributed by atoms with van der Waals surface area (Å²) in [5, 5.41) is 13.3. The van der Waals surface area contributed by atoms with Crippen LogP contribution in [0.3, 0.4) is 0 Å². The van der Waals surface area contributed by atoms with Gasteiger partial charge in [-0.25, -0.2) is 13.2 Å². The number of hydrogen-bond donors (Lipinski definition) is 1. The van der Waals surface area contributed by atoms with Gasteiger partial charge in [0.15, 0.2) is 6.10 Å². The van der Waals surface area contributed by atoms with Gasteiger partial charge in [0.2, 0.25) is 10.0 Å². The predicted molar refractivity (Wildman–Crippen MR) is 121 cm³/mol. The Kier molecular flexibility index (Phi) is 7.67. The maximum atomic E-state index is 13.0. The summed E-state index contributed by atoms with van der Waals surface area (Å²) >= 11 is 6.12.